The number of carboxylic acids is 1. The molecule has 0 bridgehead atoms. The van der Waals surface area contributed by atoms with Crippen molar-refractivity contribution in [1.29, 1.82) is 0 Å². The highest BCUT2D eigenvalue weighted by atomic mass is 16.4. The molecule has 3 N–H and O–H groups in total. The Morgan fingerprint density at radius 2 is 2.10 bits per heavy atom. The molecule has 1 aliphatic rings. The van der Waals surface area contributed by atoms with Gasteiger partial charge in [-0.2, -0.15) is 0 Å². The second kappa shape index (κ2) is 6.61. The number of carboxylic acid groups (broad SMARTS) is 1. The van der Waals surface area contributed by atoms with Crippen LogP contribution in [0.1, 0.15) is 48.5 Å². The zero-order chi connectivity index (χ0) is 15.4. The lowest BCUT2D eigenvalue weighted by molar-refractivity contribution is 0.0697. The molecule has 1 unspecified atom stereocenters. The fourth-order valence-electron chi connectivity index (χ4n) is 2.48. The predicted molar refractivity (Wildman–Crippen MR) is 81.7 cm³/mol. The first-order chi connectivity index (χ1) is 10.0. The number of aromatic carboxylic acids is 1. The van der Waals surface area contributed by atoms with Gasteiger partial charge in [0.05, 0.1) is 11.3 Å². The van der Waals surface area contributed by atoms with Gasteiger partial charge < -0.3 is 15.7 Å². The van der Waals surface area contributed by atoms with Crippen LogP contribution in [0.15, 0.2) is 18.2 Å². The summed E-state index contributed by atoms with van der Waals surface area (Å²) in [5.41, 5.74) is 1.11. The fourth-order valence-corrected chi connectivity index (χ4v) is 2.48. The monoisotopic (exact) mass is 290 g/mol. The van der Waals surface area contributed by atoms with Crippen molar-refractivity contribution in [2.24, 2.45) is 5.92 Å². The van der Waals surface area contributed by atoms with Crippen molar-refractivity contribution in [2.75, 3.05) is 5.32 Å². The van der Waals surface area contributed by atoms with Crippen molar-refractivity contribution in [3.8, 4) is 0 Å². The zero-order valence-electron chi connectivity index (χ0n) is 12.5. The molecule has 1 saturated carbocycles. The van der Waals surface area contributed by atoms with Crippen LogP contribution in [0.4, 0.5) is 10.5 Å². The molecule has 0 radical (unpaired) electrons. The molecule has 5 nitrogen and oxygen atoms in total. The molecule has 114 valence electrons. The SMILES string of the molecule is CCC(CC1CC1)NC(=O)Nc1cccc(C)c1C(=O)O. The minimum Gasteiger partial charge on any atom is -0.478 e. The number of hydrogen-bond donors (Lipinski definition) is 3. The molecule has 0 aliphatic heterocycles. The third-order valence-corrected chi connectivity index (χ3v) is 3.88. The molecule has 0 heterocycles. The lowest BCUT2D eigenvalue weighted by atomic mass is 10.1. The van der Waals surface area contributed by atoms with Crippen molar-refractivity contribution >= 4 is 17.7 Å². The van der Waals surface area contributed by atoms with Gasteiger partial charge >= 0.3 is 12.0 Å². The molecule has 5 heteroatoms. The Labute approximate surface area is 124 Å². The van der Waals surface area contributed by atoms with Crippen molar-refractivity contribution in [3.63, 3.8) is 0 Å². The van der Waals surface area contributed by atoms with E-state index in [1.165, 1.54) is 12.8 Å². The number of anilines is 1. The summed E-state index contributed by atoms with van der Waals surface area (Å²) < 4.78 is 0. The highest BCUT2D eigenvalue weighted by Gasteiger charge is 2.25. The second-order valence-corrected chi connectivity index (χ2v) is 5.69. The Hall–Kier alpha value is -2.04. The van der Waals surface area contributed by atoms with Crippen LogP contribution >= 0.6 is 0 Å². The first-order valence-corrected chi connectivity index (χ1v) is 7.41. The van der Waals surface area contributed by atoms with Crippen LogP contribution < -0.4 is 10.6 Å². The van der Waals surface area contributed by atoms with Crippen LogP contribution in [0.3, 0.4) is 0 Å². The van der Waals surface area contributed by atoms with Gasteiger partial charge in [-0.1, -0.05) is 31.9 Å². The minimum atomic E-state index is -1.03. The van der Waals surface area contributed by atoms with Gasteiger partial charge in [0.25, 0.3) is 0 Å². The third kappa shape index (κ3) is 4.21. The van der Waals surface area contributed by atoms with Crippen LogP contribution in [-0.4, -0.2) is 23.1 Å². The highest BCUT2D eigenvalue weighted by molar-refractivity contribution is 6.01. The Bertz CT molecular complexity index is 538. The minimum absolute atomic E-state index is 0.142. The van der Waals surface area contributed by atoms with E-state index in [1.54, 1.807) is 25.1 Å². The molecule has 0 spiro atoms. The standard InChI is InChI=1S/C16H22N2O3/c1-3-12(9-11-7-8-11)17-16(21)18-13-6-4-5-10(2)14(13)15(19)20/h4-6,11-12H,3,7-9H2,1-2H3,(H,19,20)(H2,17,18,21). The third-order valence-electron chi connectivity index (χ3n) is 3.88. The van der Waals surface area contributed by atoms with Crippen LogP contribution in [-0.2, 0) is 0 Å². The Morgan fingerprint density at radius 3 is 2.67 bits per heavy atom. The lowest BCUT2D eigenvalue weighted by Crippen LogP contribution is -2.38. The van der Waals surface area contributed by atoms with Crippen molar-refractivity contribution < 1.29 is 14.7 Å². The van der Waals surface area contributed by atoms with E-state index in [2.05, 4.69) is 10.6 Å². The summed E-state index contributed by atoms with van der Waals surface area (Å²) in [7, 11) is 0. The second-order valence-electron chi connectivity index (χ2n) is 5.69. The first kappa shape index (κ1) is 15.4. The van der Waals surface area contributed by atoms with E-state index >= 15 is 0 Å². The first-order valence-electron chi connectivity index (χ1n) is 7.41. The van der Waals surface area contributed by atoms with Crippen LogP contribution in [0, 0.1) is 12.8 Å². The summed E-state index contributed by atoms with van der Waals surface area (Å²) in [6.07, 6.45) is 4.38. The Kier molecular flexibility index (Phi) is 4.83. The average Bonchev–Trinajstić information content (AvgIpc) is 3.21. The summed E-state index contributed by atoms with van der Waals surface area (Å²) in [6, 6.07) is 4.87. The van der Waals surface area contributed by atoms with Gasteiger partial charge in [0.2, 0.25) is 0 Å². The van der Waals surface area contributed by atoms with E-state index in [0.29, 0.717) is 11.3 Å². The van der Waals surface area contributed by atoms with Crippen LogP contribution in [0.2, 0.25) is 0 Å². The summed E-state index contributed by atoms with van der Waals surface area (Å²) in [5.74, 6) is -0.294. The summed E-state index contributed by atoms with van der Waals surface area (Å²) in [5, 5.41) is 14.8. The molecule has 1 atom stereocenters. The smallest absolute Gasteiger partial charge is 0.338 e. The number of urea groups is 1. The maximum absolute atomic E-state index is 12.1. The summed E-state index contributed by atoms with van der Waals surface area (Å²) >= 11 is 0. The number of nitrogens with one attached hydrogen (secondary N) is 2. The molecule has 2 rings (SSSR count). The number of amides is 2. The van der Waals surface area contributed by atoms with E-state index < -0.39 is 5.97 Å². The quantitative estimate of drug-likeness (QED) is 0.751. The van der Waals surface area contributed by atoms with Gasteiger partial charge in [-0.3, -0.25) is 0 Å². The van der Waals surface area contributed by atoms with Crippen LogP contribution in [0.25, 0.3) is 0 Å². The van der Waals surface area contributed by atoms with Crippen molar-refractivity contribution in [3.05, 3.63) is 29.3 Å². The average molecular weight is 290 g/mol. The number of carbonyl (C=O) groups excluding carboxylic acids is 1. The van der Waals surface area contributed by atoms with Gasteiger partial charge in [0.1, 0.15) is 0 Å². The van der Waals surface area contributed by atoms with E-state index in [9.17, 15) is 14.7 Å². The van der Waals surface area contributed by atoms with E-state index in [0.717, 1.165) is 18.8 Å². The normalized spacial score (nSPS) is 15.3. The van der Waals surface area contributed by atoms with E-state index in [-0.39, 0.29) is 17.6 Å². The van der Waals surface area contributed by atoms with E-state index in [4.69, 9.17) is 0 Å². The summed E-state index contributed by atoms with van der Waals surface area (Å²) in [4.78, 5) is 23.3. The maximum atomic E-state index is 12.1. The number of benzene rings is 1. The van der Waals surface area contributed by atoms with E-state index in [1.807, 2.05) is 6.92 Å². The lowest BCUT2D eigenvalue weighted by Gasteiger charge is -2.18. The largest absolute Gasteiger partial charge is 0.478 e. The van der Waals surface area contributed by atoms with Gasteiger partial charge in [0.15, 0.2) is 0 Å². The highest BCUT2D eigenvalue weighted by Crippen LogP contribution is 2.34. The van der Waals surface area contributed by atoms with Gasteiger partial charge in [0, 0.05) is 6.04 Å². The molecule has 1 aliphatic carbocycles. The molecule has 2 amide bonds. The molecule has 0 saturated heterocycles. The number of rotatable bonds is 6. The molecular formula is C16H22N2O3. The van der Waals surface area contributed by atoms with Crippen LogP contribution in [0.5, 0.6) is 0 Å². The molecule has 0 aromatic heterocycles. The van der Waals surface area contributed by atoms with Gasteiger partial charge in [-0.25, -0.2) is 9.59 Å². The fraction of sp³-hybridized carbons (Fsp3) is 0.500. The Balaban J connectivity index is 2.01. The topological polar surface area (TPSA) is 78.4 Å². The molecule has 1 fully saturated rings. The molecule has 1 aromatic carbocycles. The molecule has 21 heavy (non-hydrogen) atoms. The molecular weight excluding hydrogens is 268 g/mol. The van der Waals surface area contributed by atoms with Crippen molar-refractivity contribution in [2.45, 2.75) is 45.6 Å². The maximum Gasteiger partial charge on any atom is 0.338 e. The zero-order valence-corrected chi connectivity index (χ0v) is 12.5. The van der Waals surface area contributed by atoms with Gasteiger partial charge in [-0.05, 0) is 37.3 Å². The number of hydrogen-bond acceptors (Lipinski definition) is 2. The number of carbonyl (C=O) groups is 2. The van der Waals surface area contributed by atoms with Gasteiger partial charge in [-0.15, -0.1) is 0 Å². The predicted octanol–water partition coefficient (Wildman–Crippen LogP) is 3.39. The molecule has 1 aromatic rings. The number of aryl methyl sites for hydroxylation is 1. The van der Waals surface area contributed by atoms with Crippen molar-refractivity contribution in [1.82, 2.24) is 5.32 Å². The Morgan fingerprint density at radius 1 is 1.38 bits per heavy atom. The summed E-state index contributed by atoms with van der Waals surface area (Å²) in [6.45, 7) is 3.76.